The summed E-state index contributed by atoms with van der Waals surface area (Å²) in [5.41, 5.74) is -1.69. The van der Waals surface area contributed by atoms with E-state index in [2.05, 4.69) is 0 Å². The van der Waals surface area contributed by atoms with E-state index in [0.29, 0.717) is 0 Å². The number of carbonyl (C=O) groups excluding carboxylic acids is 1. The standard InChI is InChI=1S/C12H21F2NO7/c1-3-5-8(17)6(7(15)16)10(19,20)12(21,22)11(13,14)9(8,18)4-2/h6,17-22H,3-5H2,1-2H3,(H2,15,16). The van der Waals surface area contributed by atoms with E-state index in [4.69, 9.17) is 5.73 Å². The number of nitrogens with two attached hydrogens (primary N) is 1. The smallest absolute Gasteiger partial charge is 0.336 e. The van der Waals surface area contributed by atoms with Crippen molar-refractivity contribution in [3.05, 3.63) is 0 Å². The summed E-state index contributed by atoms with van der Waals surface area (Å²) in [7, 11) is 0. The minimum Gasteiger partial charge on any atom is -0.386 e. The maximum atomic E-state index is 14.4. The van der Waals surface area contributed by atoms with Crippen LogP contribution >= 0.6 is 0 Å². The normalized spacial score (nSPS) is 39.5. The van der Waals surface area contributed by atoms with Crippen LogP contribution in [0.2, 0.25) is 0 Å². The molecule has 0 aliphatic heterocycles. The summed E-state index contributed by atoms with van der Waals surface area (Å²) in [4.78, 5) is 11.5. The molecule has 3 unspecified atom stereocenters. The Hall–Kier alpha value is -0.910. The van der Waals surface area contributed by atoms with E-state index in [-0.39, 0.29) is 6.42 Å². The van der Waals surface area contributed by atoms with Gasteiger partial charge in [0.25, 0.3) is 5.79 Å². The van der Waals surface area contributed by atoms with Crippen molar-refractivity contribution in [2.24, 2.45) is 11.7 Å². The molecule has 0 aromatic rings. The van der Waals surface area contributed by atoms with Gasteiger partial charge in [0.1, 0.15) is 11.5 Å². The number of amides is 1. The van der Waals surface area contributed by atoms with Gasteiger partial charge < -0.3 is 36.4 Å². The van der Waals surface area contributed by atoms with Crippen molar-refractivity contribution in [1.29, 1.82) is 0 Å². The maximum absolute atomic E-state index is 14.4. The summed E-state index contributed by atoms with van der Waals surface area (Å²) >= 11 is 0. The van der Waals surface area contributed by atoms with Gasteiger partial charge in [0.05, 0.1) is 0 Å². The van der Waals surface area contributed by atoms with Gasteiger partial charge in [0.2, 0.25) is 11.7 Å². The number of rotatable bonds is 4. The third-order valence-corrected chi connectivity index (χ3v) is 4.49. The van der Waals surface area contributed by atoms with Crippen LogP contribution < -0.4 is 5.73 Å². The van der Waals surface area contributed by atoms with Gasteiger partial charge in [-0.3, -0.25) is 4.79 Å². The zero-order chi connectivity index (χ0) is 17.8. The topological polar surface area (TPSA) is 164 Å². The molecule has 10 heteroatoms. The molecule has 1 aliphatic rings. The molecule has 0 radical (unpaired) electrons. The van der Waals surface area contributed by atoms with Crippen molar-refractivity contribution in [3.63, 3.8) is 0 Å². The molecular weight excluding hydrogens is 308 g/mol. The first-order valence-electron chi connectivity index (χ1n) is 6.70. The monoisotopic (exact) mass is 329 g/mol. The maximum Gasteiger partial charge on any atom is 0.336 e. The van der Waals surface area contributed by atoms with Gasteiger partial charge in [0, 0.05) is 0 Å². The van der Waals surface area contributed by atoms with E-state index >= 15 is 0 Å². The highest BCUT2D eigenvalue weighted by Gasteiger charge is 2.86. The molecule has 0 saturated heterocycles. The molecule has 8 N–H and O–H groups in total. The first-order chi connectivity index (χ1) is 9.69. The van der Waals surface area contributed by atoms with Crippen LogP contribution in [0.25, 0.3) is 0 Å². The van der Waals surface area contributed by atoms with Crippen LogP contribution in [0.15, 0.2) is 0 Å². The van der Waals surface area contributed by atoms with E-state index in [0.717, 1.165) is 6.92 Å². The Bertz CT molecular complexity index is 470. The molecule has 1 amide bonds. The summed E-state index contributed by atoms with van der Waals surface area (Å²) in [5.74, 6) is -18.1. The van der Waals surface area contributed by atoms with E-state index in [1.165, 1.54) is 6.92 Å². The fraction of sp³-hybridized carbons (Fsp3) is 0.917. The molecule has 1 saturated carbocycles. The molecule has 0 bridgehead atoms. The SMILES string of the molecule is CCCC1(O)C(C(N)=O)C(O)(O)C(O)(O)C(F)(F)C1(O)CC. The molecule has 0 aromatic carbocycles. The largest absolute Gasteiger partial charge is 0.386 e. The van der Waals surface area contributed by atoms with E-state index < -0.39 is 53.4 Å². The van der Waals surface area contributed by atoms with Crippen LogP contribution in [0.1, 0.15) is 33.1 Å². The van der Waals surface area contributed by atoms with Crippen molar-refractivity contribution in [2.45, 2.75) is 61.8 Å². The van der Waals surface area contributed by atoms with Crippen molar-refractivity contribution < 1.29 is 44.2 Å². The van der Waals surface area contributed by atoms with Crippen LogP contribution in [-0.2, 0) is 4.79 Å². The van der Waals surface area contributed by atoms with E-state index in [1.807, 2.05) is 0 Å². The molecule has 0 aromatic heterocycles. The van der Waals surface area contributed by atoms with Crippen molar-refractivity contribution in [2.75, 3.05) is 0 Å². The average Bonchev–Trinajstić information content (AvgIpc) is 2.35. The third-order valence-electron chi connectivity index (χ3n) is 4.49. The van der Waals surface area contributed by atoms with Gasteiger partial charge in [-0.05, 0) is 12.8 Å². The van der Waals surface area contributed by atoms with Crippen molar-refractivity contribution >= 4 is 5.91 Å². The van der Waals surface area contributed by atoms with Crippen LogP contribution in [0, 0.1) is 5.92 Å². The molecule has 1 aliphatic carbocycles. The minimum atomic E-state index is -4.98. The number of halogens is 2. The Balaban J connectivity index is 3.82. The number of carbonyl (C=O) groups is 1. The third kappa shape index (κ3) is 1.85. The highest BCUT2D eigenvalue weighted by molar-refractivity contribution is 5.80. The fourth-order valence-electron chi connectivity index (χ4n) is 3.26. The van der Waals surface area contributed by atoms with Gasteiger partial charge in [-0.1, -0.05) is 20.3 Å². The summed E-state index contributed by atoms with van der Waals surface area (Å²) in [6, 6.07) is 0. The van der Waals surface area contributed by atoms with Crippen molar-refractivity contribution in [3.8, 4) is 0 Å². The fourth-order valence-corrected chi connectivity index (χ4v) is 3.26. The molecule has 3 atom stereocenters. The minimum absolute atomic E-state index is 0.0430. The van der Waals surface area contributed by atoms with Gasteiger partial charge in [-0.15, -0.1) is 0 Å². The Kier molecular flexibility index (Phi) is 4.39. The Morgan fingerprint density at radius 2 is 1.55 bits per heavy atom. The summed E-state index contributed by atoms with van der Waals surface area (Å²) in [5, 5.41) is 59.5. The molecule has 0 heterocycles. The molecule has 130 valence electrons. The van der Waals surface area contributed by atoms with Crippen molar-refractivity contribution in [1.82, 2.24) is 0 Å². The zero-order valence-electron chi connectivity index (χ0n) is 12.1. The lowest BCUT2D eigenvalue weighted by Gasteiger charge is -2.61. The number of hydrogen-bond donors (Lipinski definition) is 7. The van der Waals surface area contributed by atoms with Gasteiger partial charge >= 0.3 is 5.92 Å². The molecule has 0 spiro atoms. The molecule has 8 nitrogen and oxygen atoms in total. The van der Waals surface area contributed by atoms with Gasteiger partial charge in [-0.2, -0.15) is 8.78 Å². The van der Waals surface area contributed by atoms with Crippen LogP contribution in [0.3, 0.4) is 0 Å². The highest BCUT2D eigenvalue weighted by atomic mass is 19.3. The second-order valence-corrected chi connectivity index (χ2v) is 5.70. The number of hydrogen-bond acceptors (Lipinski definition) is 7. The molecule has 1 rings (SSSR count). The average molecular weight is 329 g/mol. The Morgan fingerprint density at radius 1 is 1.09 bits per heavy atom. The number of alkyl halides is 2. The first kappa shape index (κ1) is 19.1. The molecule has 22 heavy (non-hydrogen) atoms. The zero-order valence-corrected chi connectivity index (χ0v) is 12.1. The second-order valence-electron chi connectivity index (χ2n) is 5.70. The molecule has 1 fully saturated rings. The van der Waals surface area contributed by atoms with Crippen LogP contribution in [-0.4, -0.2) is 65.2 Å². The number of primary amides is 1. The summed E-state index contributed by atoms with van der Waals surface area (Å²) in [6.07, 6.45) is -1.63. The van der Waals surface area contributed by atoms with Crippen LogP contribution in [0.5, 0.6) is 0 Å². The predicted molar refractivity (Wildman–Crippen MR) is 67.1 cm³/mol. The quantitative estimate of drug-likeness (QED) is 0.287. The number of aliphatic hydroxyl groups is 6. The summed E-state index contributed by atoms with van der Waals surface area (Å²) in [6.45, 7) is 2.42. The summed E-state index contributed by atoms with van der Waals surface area (Å²) < 4.78 is 28.8. The van der Waals surface area contributed by atoms with E-state index in [1.54, 1.807) is 0 Å². The van der Waals surface area contributed by atoms with E-state index in [9.17, 15) is 44.2 Å². The lowest BCUT2D eigenvalue weighted by Crippen LogP contribution is -2.88. The Labute approximate surface area is 124 Å². The first-order valence-corrected chi connectivity index (χ1v) is 6.70. The molecular formula is C12H21F2NO7. The lowest BCUT2D eigenvalue weighted by molar-refractivity contribution is -0.503. The highest BCUT2D eigenvalue weighted by Crippen LogP contribution is 2.59. The predicted octanol–water partition coefficient (Wildman–Crippen LogP) is -2.23. The lowest BCUT2D eigenvalue weighted by atomic mass is 9.55. The Morgan fingerprint density at radius 3 is 1.86 bits per heavy atom. The van der Waals surface area contributed by atoms with Gasteiger partial charge in [-0.25, -0.2) is 0 Å². The second kappa shape index (κ2) is 5.05. The van der Waals surface area contributed by atoms with Crippen LogP contribution in [0.4, 0.5) is 8.78 Å². The van der Waals surface area contributed by atoms with Gasteiger partial charge in [0.15, 0.2) is 5.60 Å².